The SMILES string of the molecule is CN1CC(C)(O)S(C)(C)C1. The van der Waals surface area contributed by atoms with Crippen LogP contribution in [0.25, 0.3) is 0 Å². The smallest absolute Gasteiger partial charge is 0.106 e. The first-order valence-corrected chi connectivity index (χ1v) is 6.08. The largest absolute Gasteiger partial charge is 0.380 e. The number of likely N-dealkylation sites (N-methyl/N-ethyl adjacent to an activating group) is 1. The molecule has 0 bridgehead atoms. The van der Waals surface area contributed by atoms with E-state index >= 15 is 0 Å². The van der Waals surface area contributed by atoms with Gasteiger partial charge in [0, 0.05) is 12.4 Å². The average molecular weight is 163 g/mol. The fraction of sp³-hybridized carbons (Fsp3) is 1.00. The molecule has 0 aromatic rings. The van der Waals surface area contributed by atoms with E-state index in [-0.39, 0.29) is 0 Å². The molecule has 0 aromatic carbocycles. The molecule has 1 N–H and O–H groups in total. The predicted molar refractivity (Wildman–Crippen MR) is 47.6 cm³/mol. The maximum absolute atomic E-state index is 9.89. The van der Waals surface area contributed by atoms with Crippen molar-refractivity contribution in [2.24, 2.45) is 0 Å². The Morgan fingerprint density at radius 2 is 2.00 bits per heavy atom. The maximum Gasteiger partial charge on any atom is 0.106 e. The Labute approximate surface area is 64.5 Å². The number of hydrogen-bond donors (Lipinski definition) is 1. The molecule has 1 aliphatic rings. The Bertz CT molecular complexity index is 129. The number of β-amino-alcohol motifs (C(OH)–C–C–N with tert-alkyl or cyclic N) is 1. The number of nitrogens with zero attached hydrogens (tertiary/aromatic N) is 1. The van der Waals surface area contributed by atoms with Crippen molar-refractivity contribution in [2.45, 2.75) is 11.9 Å². The lowest BCUT2D eigenvalue weighted by Crippen LogP contribution is -2.30. The summed E-state index contributed by atoms with van der Waals surface area (Å²) in [5, 5.41) is 9.89. The minimum absolute atomic E-state index is 0.429. The van der Waals surface area contributed by atoms with Crippen molar-refractivity contribution in [3.05, 3.63) is 0 Å². The Balaban J connectivity index is 2.78. The maximum atomic E-state index is 9.89. The van der Waals surface area contributed by atoms with Crippen molar-refractivity contribution in [2.75, 3.05) is 32.0 Å². The fourth-order valence-electron chi connectivity index (χ4n) is 1.41. The molecule has 1 fully saturated rings. The first-order chi connectivity index (χ1) is 4.35. The Kier molecular flexibility index (Phi) is 1.78. The van der Waals surface area contributed by atoms with Gasteiger partial charge in [-0.25, -0.2) is 10.0 Å². The van der Waals surface area contributed by atoms with Gasteiger partial charge in [-0.2, -0.15) is 0 Å². The van der Waals surface area contributed by atoms with Crippen molar-refractivity contribution in [1.82, 2.24) is 4.90 Å². The summed E-state index contributed by atoms with van der Waals surface area (Å²) in [5.41, 5.74) is 0. The lowest BCUT2D eigenvalue weighted by Gasteiger charge is -2.37. The standard InChI is InChI=1S/C7H17NOS/c1-7(9)5-8(2)6-10(7,3)4/h9H,5-6H2,1-4H3. The molecule has 1 saturated heterocycles. The molecule has 0 radical (unpaired) electrons. The molecular weight excluding hydrogens is 146 g/mol. The molecule has 1 atom stereocenters. The van der Waals surface area contributed by atoms with E-state index in [1.54, 1.807) is 0 Å². The highest BCUT2D eigenvalue weighted by atomic mass is 32.3. The van der Waals surface area contributed by atoms with Crippen molar-refractivity contribution >= 4 is 10.0 Å². The lowest BCUT2D eigenvalue weighted by molar-refractivity contribution is 0.133. The summed E-state index contributed by atoms with van der Waals surface area (Å²) in [4.78, 5) is 1.77. The highest BCUT2D eigenvalue weighted by Gasteiger charge is 2.42. The zero-order valence-corrected chi connectivity index (χ0v) is 8.03. The zero-order chi connectivity index (χ0) is 7.99. The summed E-state index contributed by atoms with van der Waals surface area (Å²) in [7, 11) is 1.27. The van der Waals surface area contributed by atoms with Gasteiger partial charge in [0.15, 0.2) is 0 Å². The summed E-state index contributed by atoms with van der Waals surface area (Å²) < 4.78 is 0. The van der Waals surface area contributed by atoms with Crippen LogP contribution in [-0.4, -0.2) is 46.9 Å². The van der Waals surface area contributed by atoms with Crippen molar-refractivity contribution < 1.29 is 5.11 Å². The van der Waals surface area contributed by atoms with Gasteiger partial charge in [-0.05, 0) is 26.5 Å². The number of hydrogen-bond acceptors (Lipinski definition) is 2. The van der Waals surface area contributed by atoms with Crippen LogP contribution in [0.1, 0.15) is 6.92 Å². The second kappa shape index (κ2) is 2.13. The van der Waals surface area contributed by atoms with Crippen molar-refractivity contribution in [3.63, 3.8) is 0 Å². The van der Waals surface area contributed by atoms with Crippen LogP contribution in [0.5, 0.6) is 0 Å². The van der Waals surface area contributed by atoms with Gasteiger partial charge in [0.2, 0.25) is 0 Å². The van der Waals surface area contributed by atoms with Crippen LogP contribution < -0.4 is 0 Å². The minimum Gasteiger partial charge on any atom is -0.380 e. The van der Waals surface area contributed by atoms with E-state index in [1.807, 2.05) is 6.92 Å². The third-order valence-corrected chi connectivity index (χ3v) is 5.89. The van der Waals surface area contributed by atoms with Gasteiger partial charge in [-0.3, -0.25) is 4.90 Å². The molecule has 1 heterocycles. The molecule has 0 aliphatic carbocycles. The van der Waals surface area contributed by atoms with Crippen molar-refractivity contribution in [1.29, 1.82) is 0 Å². The van der Waals surface area contributed by atoms with E-state index in [4.69, 9.17) is 0 Å². The van der Waals surface area contributed by atoms with E-state index in [0.29, 0.717) is 0 Å². The third kappa shape index (κ3) is 1.18. The Hall–Kier alpha value is 0.270. The molecule has 1 unspecified atom stereocenters. The quantitative estimate of drug-likeness (QED) is 0.567. The minimum atomic E-state index is -0.792. The van der Waals surface area contributed by atoms with E-state index in [1.165, 1.54) is 0 Å². The molecular formula is C7H17NOS. The van der Waals surface area contributed by atoms with Gasteiger partial charge in [-0.15, -0.1) is 0 Å². The first kappa shape index (κ1) is 8.37. The van der Waals surface area contributed by atoms with Crippen molar-refractivity contribution in [3.8, 4) is 0 Å². The molecule has 0 aromatic heterocycles. The van der Waals surface area contributed by atoms with Crippen LogP contribution in [0.15, 0.2) is 0 Å². The van der Waals surface area contributed by atoms with Gasteiger partial charge in [-0.1, -0.05) is 0 Å². The molecule has 0 saturated carbocycles. The number of rotatable bonds is 0. The summed E-state index contributed by atoms with van der Waals surface area (Å²) in [6.07, 6.45) is 4.38. The monoisotopic (exact) mass is 163 g/mol. The molecule has 1 aliphatic heterocycles. The first-order valence-electron chi connectivity index (χ1n) is 3.47. The van der Waals surface area contributed by atoms with Crippen LogP contribution >= 0.6 is 10.0 Å². The Morgan fingerprint density at radius 3 is 2.10 bits per heavy atom. The lowest BCUT2D eigenvalue weighted by atomic mass is 10.4. The summed E-state index contributed by atoms with van der Waals surface area (Å²) >= 11 is 0. The topological polar surface area (TPSA) is 23.5 Å². The van der Waals surface area contributed by atoms with Crippen LogP contribution in [0, 0.1) is 0 Å². The number of aliphatic hydroxyl groups is 1. The van der Waals surface area contributed by atoms with Gasteiger partial charge in [0.25, 0.3) is 0 Å². The van der Waals surface area contributed by atoms with Gasteiger partial charge in [0.05, 0.1) is 0 Å². The fourth-order valence-corrected chi connectivity index (χ4v) is 3.45. The van der Waals surface area contributed by atoms with Gasteiger partial charge >= 0.3 is 0 Å². The van der Waals surface area contributed by atoms with Gasteiger partial charge in [0.1, 0.15) is 4.93 Å². The second-order valence-electron chi connectivity index (χ2n) is 3.86. The normalized spacial score (nSPS) is 43.7. The van der Waals surface area contributed by atoms with Gasteiger partial charge < -0.3 is 5.11 Å². The highest BCUT2D eigenvalue weighted by Crippen LogP contribution is 2.56. The predicted octanol–water partition coefficient (Wildman–Crippen LogP) is 0.662. The molecule has 3 heteroatoms. The molecule has 1 rings (SSSR count). The van der Waals surface area contributed by atoms with Crippen LogP contribution in [0.2, 0.25) is 0 Å². The zero-order valence-electron chi connectivity index (χ0n) is 7.22. The summed E-state index contributed by atoms with van der Waals surface area (Å²) in [5.74, 6) is 1.07. The van der Waals surface area contributed by atoms with E-state index in [0.717, 1.165) is 12.4 Å². The summed E-state index contributed by atoms with van der Waals surface area (Å²) in [6.45, 7) is 2.78. The van der Waals surface area contributed by atoms with E-state index in [9.17, 15) is 5.11 Å². The molecule has 10 heavy (non-hydrogen) atoms. The summed E-state index contributed by atoms with van der Waals surface area (Å²) in [6, 6.07) is 0. The van der Waals surface area contributed by atoms with Crippen LogP contribution in [0.4, 0.5) is 0 Å². The molecule has 0 amide bonds. The Morgan fingerprint density at radius 1 is 1.50 bits per heavy atom. The second-order valence-corrected chi connectivity index (χ2v) is 8.07. The third-order valence-electron chi connectivity index (χ3n) is 2.30. The van der Waals surface area contributed by atoms with Crippen LogP contribution in [0.3, 0.4) is 0 Å². The van der Waals surface area contributed by atoms with E-state index < -0.39 is 15.0 Å². The average Bonchev–Trinajstić information content (AvgIpc) is 1.73. The molecule has 2 nitrogen and oxygen atoms in total. The molecule has 0 spiro atoms. The van der Waals surface area contributed by atoms with E-state index in [2.05, 4.69) is 24.5 Å². The molecule has 62 valence electrons. The highest BCUT2D eigenvalue weighted by molar-refractivity contribution is 8.33. The van der Waals surface area contributed by atoms with Crippen LogP contribution in [-0.2, 0) is 0 Å².